The molecular weight excluding hydrogens is 372 g/mol. The van der Waals surface area contributed by atoms with Crippen LogP contribution in [0.3, 0.4) is 0 Å². The van der Waals surface area contributed by atoms with E-state index < -0.39 is 0 Å². The molecular formula is C26H27N2O2+. The maximum Gasteiger partial charge on any atom is 0.224 e. The van der Waals surface area contributed by atoms with Crippen molar-refractivity contribution in [2.75, 3.05) is 13.1 Å². The highest BCUT2D eigenvalue weighted by atomic mass is 16.3. The van der Waals surface area contributed by atoms with Gasteiger partial charge < -0.3 is 14.6 Å². The van der Waals surface area contributed by atoms with Crippen molar-refractivity contribution in [2.24, 2.45) is 0 Å². The van der Waals surface area contributed by atoms with Gasteiger partial charge in [0, 0.05) is 35.4 Å². The molecule has 0 radical (unpaired) electrons. The first-order valence-electron chi connectivity index (χ1n) is 10.8. The predicted octanol–water partition coefficient (Wildman–Crippen LogP) is 3.49. The smallest absolute Gasteiger partial charge is 0.224 e. The van der Waals surface area contributed by atoms with E-state index in [-0.39, 0.29) is 11.9 Å². The number of carbonyl (C=O) groups is 1. The number of hydrogen-bond acceptors (Lipinski definition) is 2. The van der Waals surface area contributed by atoms with Crippen molar-refractivity contribution in [3.8, 4) is 0 Å². The molecule has 0 aliphatic carbocycles. The third-order valence-corrected chi connectivity index (χ3v) is 6.25. The number of likely N-dealkylation sites (tertiary alicyclic amines) is 1. The Kier molecular flexibility index (Phi) is 5.24. The third-order valence-electron chi connectivity index (χ3n) is 6.25. The molecule has 0 saturated carbocycles. The molecule has 152 valence electrons. The highest BCUT2D eigenvalue weighted by Gasteiger charge is 2.24. The third kappa shape index (κ3) is 3.96. The Balaban J connectivity index is 1.21. The number of hydrogen-bond donors (Lipinski definition) is 2. The Morgan fingerprint density at radius 2 is 1.73 bits per heavy atom. The molecule has 4 nitrogen and oxygen atoms in total. The van der Waals surface area contributed by atoms with Gasteiger partial charge in [0.1, 0.15) is 12.1 Å². The summed E-state index contributed by atoms with van der Waals surface area (Å²) in [4.78, 5) is 14.4. The van der Waals surface area contributed by atoms with Gasteiger partial charge >= 0.3 is 0 Å². The number of furan rings is 1. The lowest BCUT2D eigenvalue weighted by atomic mass is 10.0. The van der Waals surface area contributed by atoms with Crippen molar-refractivity contribution in [2.45, 2.75) is 31.8 Å². The van der Waals surface area contributed by atoms with E-state index in [1.54, 1.807) is 11.2 Å². The number of benzene rings is 3. The van der Waals surface area contributed by atoms with Crippen molar-refractivity contribution in [1.29, 1.82) is 0 Å². The summed E-state index contributed by atoms with van der Waals surface area (Å²) < 4.78 is 5.74. The van der Waals surface area contributed by atoms with Crippen molar-refractivity contribution < 1.29 is 14.1 Å². The molecule has 2 heterocycles. The Labute approximate surface area is 176 Å². The molecule has 1 aliphatic heterocycles. The summed E-state index contributed by atoms with van der Waals surface area (Å²) >= 11 is 0. The Hall–Kier alpha value is -3.11. The van der Waals surface area contributed by atoms with Crippen LogP contribution in [0.4, 0.5) is 0 Å². The summed E-state index contributed by atoms with van der Waals surface area (Å²) in [5.41, 5.74) is 3.19. The standard InChI is InChI=1S/C26H26N2O2/c29-25(27-22-12-14-28(15-13-22)17-19-6-2-1-3-7-19)16-21-18-30-24-11-10-20-8-4-5-9-23(20)26(21)24/h1-11,18,22H,12-17H2,(H,27,29)/p+1. The first kappa shape index (κ1) is 18.9. The highest BCUT2D eigenvalue weighted by Crippen LogP contribution is 2.30. The normalized spacial score (nSPS) is 19.2. The monoisotopic (exact) mass is 399 g/mol. The topological polar surface area (TPSA) is 46.7 Å². The molecule has 2 N–H and O–H groups in total. The van der Waals surface area contributed by atoms with Gasteiger partial charge in [-0.25, -0.2) is 0 Å². The SMILES string of the molecule is O=C(Cc1coc2ccc3ccccc3c12)NC1CC[NH+](Cc2ccccc2)CC1. The van der Waals surface area contributed by atoms with E-state index in [0.717, 1.165) is 54.4 Å². The molecule has 0 unspecified atom stereocenters. The molecule has 4 aromatic rings. The number of rotatable bonds is 5. The van der Waals surface area contributed by atoms with E-state index >= 15 is 0 Å². The van der Waals surface area contributed by atoms with Crippen LogP contribution in [0.25, 0.3) is 21.7 Å². The zero-order chi connectivity index (χ0) is 20.3. The van der Waals surface area contributed by atoms with Gasteiger partial charge in [0.05, 0.1) is 25.8 Å². The number of amides is 1. The van der Waals surface area contributed by atoms with Crippen molar-refractivity contribution >= 4 is 27.6 Å². The predicted molar refractivity (Wildman–Crippen MR) is 119 cm³/mol. The van der Waals surface area contributed by atoms with Crippen molar-refractivity contribution in [3.05, 3.63) is 84.1 Å². The van der Waals surface area contributed by atoms with Gasteiger partial charge in [-0.2, -0.15) is 0 Å². The summed E-state index contributed by atoms with van der Waals surface area (Å²) in [7, 11) is 0. The largest absolute Gasteiger partial charge is 0.464 e. The van der Waals surface area contributed by atoms with Crippen molar-refractivity contribution in [1.82, 2.24) is 5.32 Å². The fourth-order valence-corrected chi connectivity index (χ4v) is 4.69. The van der Waals surface area contributed by atoms with Gasteiger partial charge in [0.15, 0.2) is 0 Å². The van der Waals surface area contributed by atoms with Crippen LogP contribution in [-0.4, -0.2) is 25.0 Å². The summed E-state index contributed by atoms with van der Waals surface area (Å²) in [6, 6.07) is 23.2. The second-order valence-corrected chi connectivity index (χ2v) is 8.35. The molecule has 1 amide bonds. The minimum Gasteiger partial charge on any atom is -0.464 e. The van der Waals surface area contributed by atoms with Crippen LogP contribution < -0.4 is 10.2 Å². The first-order chi connectivity index (χ1) is 14.8. The average molecular weight is 400 g/mol. The fraction of sp³-hybridized carbons (Fsp3) is 0.269. The van der Waals surface area contributed by atoms with Crippen LogP contribution in [-0.2, 0) is 17.8 Å². The lowest BCUT2D eigenvalue weighted by Crippen LogP contribution is -3.12. The molecule has 3 aromatic carbocycles. The van der Waals surface area contributed by atoms with Crippen LogP contribution >= 0.6 is 0 Å². The van der Waals surface area contributed by atoms with Gasteiger partial charge in [0.25, 0.3) is 0 Å². The van der Waals surface area contributed by atoms with Gasteiger partial charge in [-0.15, -0.1) is 0 Å². The molecule has 0 spiro atoms. The molecule has 0 bridgehead atoms. The molecule has 0 atom stereocenters. The molecule has 1 aromatic heterocycles. The van der Waals surface area contributed by atoms with Crippen molar-refractivity contribution in [3.63, 3.8) is 0 Å². The second-order valence-electron chi connectivity index (χ2n) is 8.35. The maximum absolute atomic E-state index is 12.8. The molecule has 4 heteroatoms. The summed E-state index contributed by atoms with van der Waals surface area (Å²) in [5, 5.41) is 6.63. The van der Waals surface area contributed by atoms with Crippen LogP contribution in [0.15, 0.2) is 77.4 Å². The van der Waals surface area contributed by atoms with E-state index in [2.05, 4.69) is 53.8 Å². The van der Waals surface area contributed by atoms with E-state index in [1.165, 1.54) is 10.9 Å². The van der Waals surface area contributed by atoms with Crippen LogP contribution in [0.2, 0.25) is 0 Å². The van der Waals surface area contributed by atoms with E-state index in [9.17, 15) is 4.79 Å². The van der Waals surface area contributed by atoms with Crippen LogP contribution in [0.1, 0.15) is 24.0 Å². The fourth-order valence-electron chi connectivity index (χ4n) is 4.69. The van der Waals surface area contributed by atoms with Gasteiger partial charge in [0.2, 0.25) is 5.91 Å². The Morgan fingerprint density at radius 3 is 2.57 bits per heavy atom. The van der Waals surface area contributed by atoms with Gasteiger partial charge in [-0.05, 0) is 16.8 Å². The van der Waals surface area contributed by atoms with E-state index in [1.807, 2.05) is 18.2 Å². The quantitative estimate of drug-likeness (QED) is 0.540. The van der Waals surface area contributed by atoms with Crippen LogP contribution in [0, 0.1) is 0 Å². The molecule has 30 heavy (non-hydrogen) atoms. The summed E-state index contributed by atoms with van der Waals surface area (Å²) in [6.45, 7) is 3.26. The Bertz CT molecular complexity index is 1160. The Morgan fingerprint density at radius 1 is 0.967 bits per heavy atom. The second kappa shape index (κ2) is 8.33. The van der Waals surface area contributed by atoms with E-state index in [4.69, 9.17) is 4.42 Å². The number of quaternary nitrogens is 1. The lowest BCUT2D eigenvalue weighted by molar-refractivity contribution is -0.918. The van der Waals surface area contributed by atoms with E-state index in [0.29, 0.717) is 6.42 Å². The molecule has 1 fully saturated rings. The maximum atomic E-state index is 12.8. The first-order valence-corrected chi connectivity index (χ1v) is 10.8. The minimum atomic E-state index is 0.0853. The molecule has 5 rings (SSSR count). The zero-order valence-electron chi connectivity index (χ0n) is 17.1. The summed E-state index contributed by atoms with van der Waals surface area (Å²) in [6.07, 6.45) is 4.16. The lowest BCUT2D eigenvalue weighted by Gasteiger charge is -2.29. The highest BCUT2D eigenvalue weighted by molar-refractivity contribution is 6.08. The number of nitrogens with one attached hydrogen (secondary N) is 2. The average Bonchev–Trinajstić information content (AvgIpc) is 3.19. The number of fused-ring (bicyclic) bond motifs is 3. The number of carbonyl (C=O) groups excluding carboxylic acids is 1. The zero-order valence-corrected chi connectivity index (χ0v) is 17.1. The van der Waals surface area contributed by atoms with Gasteiger partial charge in [-0.3, -0.25) is 4.79 Å². The van der Waals surface area contributed by atoms with Gasteiger partial charge in [-0.1, -0.05) is 60.7 Å². The molecule has 1 saturated heterocycles. The minimum absolute atomic E-state index is 0.0853. The number of piperidine rings is 1. The van der Waals surface area contributed by atoms with Crippen LogP contribution in [0.5, 0.6) is 0 Å². The molecule has 1 aliphatic rings. The summed E-state index contributed by atoms with van der Waals surface area (Å²) in [5.74, 6) is 0.0853.